The minimum atomic E-state index is -1.03. The Labute approximate surface area is 235 Å². The Morgan fingerprint density at radius 2 is 1.66 bits per heavy atom. The first kappa shape index (κ1) is 32.2. The van der Waals surface area contributed by atoms with Crippen molar-refractivity contribution in [3.63, 3.8) is 0 Å². The zero-order chi connectivity index (χ0) is 30.7. The van der Waals surface area contributed by atoms with Gasteiger partial charge in [0.05, 0.1) is 24.5 Å². The number of nitrogens with one attached hydrogen (secondary N) is 4. The summed E-state index contributed by atoms with van der Waals surface area (Å²) in [5.74, 6) is -3.25. The van der Waals surface area contributed by atoms with E-state index in [9.17, 15) is 38.4 Å². The zero-order valence-corrected chi connectivity index (χ0v) is 22.9. The van der Waals surface area contributed by atoms with Crippen LogP contribution in [0.15, 0.2) is 18.2 Å². The van der Waals surface area contributed by atoms with E-state index in [1.807, 2.05) is 0 Å². The molecule has 1 atom stereocenters. The first-order valence-corrected chi connectivity index (χ1v) is 12.7. The Kier molecular flexibility index (Phi) is 11.7. The summed E-state index contributed by atoms with van der Waals surface area (Å²) in [6.45, 7) is 4.01. The summed E-state index contributed by atoms with van der Waals surface area (Å²) in [4.78, 5) is 94.7. The van der Waals surface area contributed by atoms with Crippen molar-refractivity contribution in [3.8, 4) is 0 Å². The predicted octanol–water partition coefficient (Wildman–Crippen LogP) is 0.0780. The molecule has 2 aliphatic rings. The van der Waals surface area contributed by atoms with Crippen molar-refractivity contribution < 1.29 is 43.5 Å². The van der Waals surface area contributed by atoms with E-state index in [1.54, 1.807) is 6.92 Å². The molecule has 2 heterocycles. The Morgan fingerprint density at radius 1 is 1.02 bits per heavy atom. The van der Waals surface area contributed by atoms with Gasteiger partial charge in [0, 0.05) is 38.8 Å². The van der Waals surface area contributed by atoms with Gasteiger partial charge >= 0.3 is 12.0 Å². The number of benzene rings is 1. The number of nitrogens with zero attached hydrogens (tertiary/aromatic N) is 3. The fourth-order valence-electron chi connectivity index (χ4n) is 3.94. The maximum Gasteiger partial charge on any atom is 0.358 e. The summed E-state index contributed by atoms with van der Waals surface area (Å²) >= 11 is 0. The van der Waals surface area contributed by atoms with Crippen LogP contribution in [-0.2, 0) is 28.8 Å². The number of hydrogen-bond acceptors (Lipinski definition) is 8. The highest BCUT2D eigenvalue weighted by molar-refractivity contribution is 6.02. The lowest BCUT2D eigenvalue weighted by Gasteiger charge is -2.42. The fourth-order valence-corrected chi connectivity index (χ4v) is 3.94. The highest BCUT2D eigenvalue weighted by Crippen LogP contribution is 2.25. The van der Waals surface area contributed by atoms with Gasteiger partial charge in [-0.1, -0.05) is 6.92 Å². The van der Waals surface area contributed by atoms with Crippen LogP contribution in [0.4, 0.5) is 16.2 Å². The van der Waals surface area contributed by atoms with Crippen LogP contribution in [0.1, 0.15) is 56.8 Å². The van der Waals surface area contributed by atoms with E-state index in [0.717, 1.165) is 10.0 Å². The number of carboxylic acids is 1. The molecule has 2 fully saturated rings. The van der Waals surface area contributed by atoms with Gasteiger partial charge in [0.25, 0.3) is 5.91 Å². The first-order valence-electron chi connectivity index (χ1n) is 12.7. The average Bonchev–Trinajstić information content (AvgIpc) is 3.04. The molecule has 1 aromatic carbocycles. The number of amides is 7. The Balaban J connectivity index is 0.00000108. The van der Waals surface area contributed by atoms with E-state index in [1.165, 1.54) is 37.1 Å². The third kappa shape index (κ3) is 9.01. The van der Waals surface area contributed by atoms with Crippen LogP contribution in [-0.4, -0.2) is 93.6 Å². The van der Waals surface area contributed by atoms with Crippen molar-refractivity contribution in [1.82, 2.24) is 25.8 Å². The molecule has 3 rings (SSSR count). The summed E-state index contributed by atoms with van der Waals surface area (Å²) < 4.78 is 0. The molecule has 41 heavy (non-hydrogen) atoms. The summed E-state index contributed by atoms with van der Waals surface area (Å²) in [6.07, 6.45) is 1.39. The number of hydrazine groups is 2. The number of hydrogen-bond donors (Lipinski definition) is 5. The topological polar surface area (TPSA) is 215 Å². The van der Waals surface area contributed by atoms with Crippen LogP contribution >= 0.6 is 0 Å². The molecule has 0 aromatic heterocycles. The smallest absolute Gasteiger partial charge is 0.358 e. The fraction of sp³-hybridized carbons (Fsp3) is 0.440. The Morgan fingerprint density at radius 3 is 2.24 bits per heavy atom. The van der Waals surface area contributed by atoms with E-state index in [0.29, 0.717) is 12.7 Å². The molecule has 0 radical (unpaired) electrons. The molecule has 16 heteroatoms. The van der Waals surface area contributed by atoms with Gasteiger partial charge in [-0.25, -0.2) is 19.8 Å². The third-order valence-electron chi connectivity index (χ3n) is 5.77. The van der Waals surface area contributed by atoms with Crippen LogP contribution in [0.3, 0.4) is 0 Å². The minimum Gasteiger partial charge on any atom is -0.481 e. The number of rotatable bonds is 8. The highest BCUT2D eigenvalue weighted by atomic mass is 16.4. The van der Waals surface area contributed by atoms with Gasteiger partial charge in [-0.3, -0.25) is 34.2 Å². The molecule has 1 unspecified atom stereocenters. The molecule has 16 nitrogen and oxygen atoms in total. The number of carbonyl (C=O) groups is 8. The minimum absolute atomic E-state index is 0.0620. The normalized spacial score (nSPS) is 16.3. The molecule has 222 valence electrons. The summed E-state index contributed by atoms with van der Waals surface area (Å²) in [5.41, 5.74) is 2.97. The molecular formula is C25H33N7O9. The number of carbonyl (C=O) groups excluding carboxylic acids is 7. The second-order valence-electron chi connectivity index (χ2n) is 8.93. The van der Waals surface area contributed by atoms with Gasteiger partial charge in [-0.15, -0.1) is 0 Å². The van der Waals surface area contributed by atoms with Crippen molar-refractivity contribution in [2.45, 2.75) is 52.5 Å². The lowest BCUT2D eigenvalue weighted by molar-refractivity contribution is -0.155. The molecule has 0 spiro atoms. The van der Waals surface area contributed by atoms with Gasteiger partial charge in [0.2, 0.25) is 23.6 Å². The lowest BCUT2D eigenvalue weighted by Crippen LogP contribution is -2.64. The van der Waals surface area contributed by atoms with Crippen LogP contribution in [0.25, 0.3) is 0 Å². The van der Waals surface area contributed by atoms with Crippen molar-refractivity contribution in [3.05, 3.63) is 23.8 Å². The second-order valence-corrected chi connectivity index (χ2v) is 8.93. The largest absolute Gasteiger partial charge is 0.481 e. The second kappa shape index (κ2) is 14.9. The zero-order valence-electron chi connectivity index (χ0n) is 22.9. The van der Waals surface area contributed by atoms with Crippen LogP contribution in [0.2, 0.25) is 0 Å². The van der Waals surface area contributed by atoms with Gasteiger partial charge in [-0.2, -0.15) is 0 Å². The summed E-state index contributed by atoms with van der Waals surface area (Å²) in [7, 11) is 0. The SMILES string of the molecule is CC(=O)Nc1ccc(C(=O)NN2CCC(=O)N3CCCC(C(=O)NCC=O)N3C2=O)cc1NC(C)=O.CCC(=O)O. The van der Waals surface area contributed by atoms with E-state index in [-0.39, 0.29) is 67.6 Å². The van der Waals surface area contributed by atoms with Gasteiger partial charge in [0.1, 0.15) is 12.3 Å². The molecule has 0 aliphatic carbocycles. The third-order valence-corrected chi connectivity index (χ3v) is 5.77. The summed E-state index contributed by atoms with van der Waals surface area (Å²) in [5, 5.41) is 18.4. The molecule has 0 saturated carbocycles. The Bertz CT molecular complexity index is 1220. The predicted molar refractivity (Wildman–Crippen MR) is 143 cm³/mol. The number of carboxylic acid groups (broad SMARTS) is 1. The van der Waals surface area contributed by atoms with Crippen LogP contribution < -0.4 is 21.4 Å². The number of aldehydes is 1. The molecule has 2 saturated heterocycles. The maximum atomic E-state index is 13.4. The highest BCUT2D eigenvalue weighted by Gasteiger charge is 2.43. The average molecular weight is 576 g/mol. The van der Waals surface area contributed by atoms with Crippen LogP contribution in [0.5, 0.6) is 0 Å². The number of aliphatic carboxylic acids is 1. The van der Waals surface area contributed by atoms with E-state index < -0.39 is 35.8 Å². The standard InChI is InChI=1S/C22H27N7O7.C3H6O2/c1-13(31)24-16-6-5-15(12-17(16)25-14(2)32)20(34)26-27-10-7-19(33)28-9-3-4-18(29(28)22(27)36)21(35)23-8-11-30;1-2-3(4)5/h5-6,11-12,18H,3-4,7-10H2,1-2H3,(H,23,35)(H,24,31)(H,25,32)(H,26,34);2H2,1H3,(H,4,5). The lowest BCUT2D eigenvalue weighted by atomic mass is 10.1. The van der Waals surface area contributed by atoms with Crippen LogP contribution in [0, 0.1) is 0 Å². The van der Waals surface area contributed by atoms with Crippen molar-refractivity contribution in [2.75, 3.05) is 30.3 Å². The maximum absolute atomic E-state index is 13.4. The van der Waals surface area contributed by atoms with E-state index in [2.05, 4.69) is 21.4 Å². The van der Waals surface area contributed by atoms with Crippen molar-refractivity contribution in [1.29, 1.82) is 0 Å². The van der Waals surface area contributed by atoms with E-state index >= 15 is 0 Å². The van der Waals surface area contributed by atoms with Gasteiger partial charge in [0.15, 0.2) is 0 Å². The van der Waals surface area contributed by atoms with Gasteiger partial charge in [-0.05, 0) is 31.0 Å². The summed E-state index contributed by atoms with van der Waals surface area (Å²) in [6, 6.07) is 2.34. The first-order chi connectivity index (χ1) is 19.4. The van der Waals surface area contributed by atoms with Crippen molar-refractivity contribution in [2.24, 2.45) is 0 Å². The van der Waals surface area contributed by atoms with E-state index in [4.69, 9.17) is 5.11 Å². The van der Waals surface area contributed by atoms with Gasteiger partial charge < -0.3 is 25.9 Å². The quantitative estimate of drug-likeness (QED) is 0.265. The molecule has 7 amide bonds. The molecule has 5 N–H and O–H groups in total. The number of anilines is 2. The number of fused-ring (bicyclic) bond motifs is 1. The Hall–Kier alpha value is -5.02. The molecule has 2 aliphatic heterocycles. The molecule has 0 bridgehead atoms. The number of urea groups is 1. The van der Waals surface area contributed by atoms with Crippen molar-refractivity contribution >= 4 is 59.2 Å². The molecular weight excluding hydrogens is 542 g/mol. The molecule has 1 aromatic rings. The monoisotopic (exact) mass is 575 g/mol.